The number of benzene rings is 4. The zero-order valence-corrected chi connectivity index (χ0v) is 31.4. The first-order valence-electron chi connectivity index (χ1n) is 16.5. The van der Waals surface area contributed by atoms with Crippen LogP contribution in [0, 0.1) is 0 Å². The molecule has 0 bridgehead atoms. The molecular weight excluding hydrogens is 767 g/mol. The van der Waals surface area contributed by atoms with Crippen molar-refractivity contribution in [3.05, 3.63) is 131 Å². The Kier molecular flexibility index (Phi) is 11.0. The zero-order chi connectivity index (χ0) is 31.0. The van der Waals surface area contributed by atoms with Crippen LogP contribution < -0.4 is 52.9 Å². The van der Waals surface area contributed by atoms with Crippen molar-refractivity contribution in [3.8, 4) is 11.1 Å². The number of anilines is 2. The minimum absolute atomic E-state index is 0. The van der Waals surface area contributed by atoms with E-state index < -0.39 is 0 Å². The average molecular weight is 805 g/mol. The molecule has 2 aliphatic heterocycles. The molecule has 0 spiro atoms. The van der Waals surface area contributed by atoms with E-state index in [-0.39, 0.29) is 34.0 Å². The first kappa shape index (κ1) is 34.7. The van der Waals surface area contributed by atoms with Gasteiger partial charge in [0.2, 0.25) is 11.0 Å². The molecule has 8 rings (SSSR count). The molecule has 4 heterocycles. The number of rotatable bonds is 7. The number of nitrogens with zero attached hydrogens (tertiary/aromatic N) is 4. The number of aromatic nitrogens is 2. The van der Waals surface area contributed by atoms with E-state index in [1.165, 1.54) is 81.1 Å². The predicted molar refractivity (Wildman–Crippen MR) is 191 cm³/mol. The van der Waals surface area contributed by atoms with Gasteiger partial charge in [0.25, 0.3) is 0 Å². The molecule has 2 saturated heterocycles. The second kappa shape index (κ2) is 15.2. The normalized spacial score (nSPS) is 14.4. The molecule has 0 unspecified atom stereocenters. The molecule has 0 aliphatic carbocycles. The zero-order valence-electron chi connectivity index (χ0n) is 26.8. The minimum atomic E-state index is 0. The molecular formula is C40H38Br2Cl2N4. The van der Waals surface area contributed by atoms with Crippen molar-refractivity contribution in [1.82, 2.24) is 0 Å². The van der Waals surface area contributed by atoms with Crippen LogP contribution in [-0.2, 0) is 13.1 Å². The number of pyridine rings is 2. The summed E-state index contributed by atoms with van der Waals surface area (Å²) in [7, 11) is 0. The third kappa shape index (κ3) is 7.09. The van der Waals surface area contributed by atoms with Crippen molar-refractivity contribution >= 4 is 56.4 Å². The molecule has 246 valence electrons. The highest BCUT2D eigenvalue weighted by atomic mass is 79.9. The van der Waals surface area contributed by atoms with Gasteiger partial charge in [0.05, 0.1) is 22.1 Å². The van der Waals surface area contributed by atoms with E-state index in [2.05, 4.69) is 116 Å². The highest BCUT2D eigenvalue weighted by Crippen LogP contribution is 2.31. The number of hydrogen-bond acceptors (Lipinski definition) is 2. The molecule has 0 atom stereocenters. The third-order valence-corrected chi connectivity index (χ3v) is 10.2. The Bertz CT molecular complexity index is 1920. The van der Waals surface area contributed by atoms with Crippen LogP contribution in [0.2, 0.25) is 10.0 Å². The van der Waals surface area contributed by atoms with Crippen molar-refractivity contribution in [2.24, 2.45) is 0 Å². The molecule has 4 aromatic carbocycles. The lowest BCUT2D eigenvalue weighted by Gasteiger charge is -2.19. The maximum absolute atomic E-state index is 6.52. The minimum Gasteiger partial charge on any atom is -1.00 e. The van der Waals surface area contributed by atoms with E-state index in [4.69, 9.17) is 23.2 Å². The van der Waals surface area contributed by atoms with Gasteiger partial charge in [-0.05, 0) is 73.2 Å². The quantitative estimate of drug-likeness (QED) is 0.231. The summed E-state index contributed by atoms with van der Waals surface area (Å²) in [6, 6.07) is 35.0. The van der Waals surface area contributed by atoms with Gasteiger partial charge in [-0.25, -0.2) is 0 Å². The van der Waals surface area contributed by atoms with Gasteiger partial charge in [-0.1, -0.05) is 59.6 Å². The summed E-state index contributed by atoms with van der Waals surface area (Å²) in [6.45, 7) is 6.03. The highest BCUT2D eigenvalue weighted by Gasteiger charge is 2.22. The Morgan fingerprint density at radius 3 is 1.33 bits per heavy atom. The van der Waals surface area contributed by atoms with E-state index in [1.54, 1.807) is 0 Å². The van der Waals surface area contributed by atoms with Gasteiger partial charge in [0.1, 0.15) is 0 Å². The van der Waals surface area contributed by atoms with Crippen molar-refractivity contribution in [2.45, 2.75) is 38.8 Å². The summed E-state index contributed by atoms with van der Waals surface area (Å²) >= 11 is 13.0. The van der Waals surface area contributed by atoms with E-state index in [0.29, 0.717) is 0 Å². The lowest BCUT2D eigenvalue weighted by molar-refractivity contribution is -0.662. The maximum Gasteiger partial charge on any atom is 0.216 e. The average Bonchev–Trinajstić information content (AvgIpc) is 3.81. The molecule has 4 nitrogen and oxygen atoms in total. The smallest absolute Gasteiger partial charge is 0.216 e. The van der Waals surface area contributed by atoms with Gasteiger partial charge in [-0.2, -0.15) is 9.13 Å². The molecule has 2 aromatic heterocycles. The highest BCUT2D eigenvalue weighted by molar-refractivity contribution is 6.31. The van der Waals surface area contributed by atoms with Crippen LogP contribution in [0.15, 0.2) is 109 Å². The van der Waals surface area contributed by atoms with Gasteiger partial charge in [-0.15, -0.1) is 0 Å². The van der Waals surface area contributed by atoms with E-state index in [9.17, 15) is 0 Å². The maximum atomic E-state index is 6.52. The van der Waals surface area contributed by atoms with Crippen LogP contribution in [0.25, 0.3) is 32.9 Å². The fourth-order valence-corrected chi connectivity index (χ4v) is 7.75. The number of halogens is 4. The summed E-state index contributed by atoms with van der Waals surface area (Å²) in [5.41, 5.74) is 9.92. The van der Waals surface area contributed by atoms with E-state index in [1.807, 2.05) is 12.1 Å². The number of hydrogen-bond donors (Lipinski definition) is 0. The first-order valence-corrected chi connectivity index (χ1v) is 17.3. The first-order chi connectivity index (χ1) is 22.6. The summed E-state index contributed by atoms with van der Waals surface area (Å²) in [5, 5.41) is 4.06. The number of fused-ring (bicyclic) bond motifs is 2. The molecule has 0 saturated carbocycles. The van der Waals surface area contributed by atoms with E-state index in [0.717, 1.165) is 49.3 Å². The van der Waals surface area contributed by atoms with Crippen molar-refractivity contribution in [1.29, 1.82) is 0 Å². The van der Waals surface area contributed by atoms with Gasteiger partial charge in [0, 0.05) is 71.6 Å². The molecule has 0 radical (unpaired) electrons. The Balaban J connectivity index is 0.00000201. The fraction of sp³-hybridized carbons (Fsp3) is 0.250. The molecule has 48 heavy (non-hydrogen) atoms. The lowest BCUT2D eigenvalue weighted by atomic mass is 10.0. The van der Waals surface area contributed by atoms with Crippen LogP contribution in [0.1, 0.15) is 36.8 Å². The molecule has 0 amide bonds. The van der Waals surface area contributed by atoms with Crippen molar-refractivity contribution in [3.63, 3.8) is 0 Å². The summed E-state index contributed by atoms with van der Waals surface area (Å²) in [6.07, 6.45) is 9.48. The molecule has 0 N–H and O–H groups in total. The summed E-state index contributed by atoms with van der Waals surface area (Å²) in [5.74, 6) is 0. The van der Waals surface area contributed by atoms with Gasteiger partial charge in [0.15, 0.2) is 25.5 Å². The van der Waals surface area contributed by atoms with Crippen molar-refractivity contribution < 1.29 is 43.1 Å². The third-order valence-electron chi connectivity index (χ3n) is 9.70. The SMILES string of the molecule is Clc1ccc2c(N3CCCC3)cc[n+](Cc3cccc(-c4cccc(C[n+]5ccc(N6CCCC6)c6ccc(Cl)cc65)c4)c3)c2c1.[Br-].[Br-]. The van der Waals surface area contributed by atoms with Gasteiger partial charge in [-0.3, -0.25) is 0 Å². The van der Waals surface area contributed by atoms with Gasteiger partial charge < -0.3 is 43.8 Å². The molecule has 2 aliphatic rings. The Morgan fingerprint density at radius 1 is 0.500 bits per heavy atom. The molecule has 6 aromatic rings. The Labute approximate surface area is 314 Å². The van der Waals surface area contributed by atoms with Crippen molar-refractivity contribution in [2.75, 3.05) is 36.0 Å². The molecule has 8 heteroatoms. The summed E-state index contributed by atoms with van der Waals surface area (Å²) in [4.78, 5) is 5.01. The predicted octanol–water partition coefficient (Wildman–Crippen LogP) is 2.85. The Hall–Kier alpha value is -3.16. The largest absolute Gasteiger partial charge is 1.00 e. The standard InChI is InChI=1S/C40H38Cl2N4.2BrH/c41-33-11-13-35-37(43-17-1-2-18-43)15-21-45(39(35)25-33)27-29-7-5-9-31(23-29)32-10-6-8-30(24-32)28-46-22-16-38(44-19-3-4-20-44)36-14-12-34(42)26-40(36)46;;/h5-16,21-26H,1-4,17-20,27-28H2;2*1H/q+2;;/p-2. The van der Waals surface area contributed by atoms with Crippen LogP contribution in [0.3, 0.4) is 0 Å². The second-order valence-electron chi connectivity index (χ2n) is 12.8. The van der Waals surface area contributed by atoms with Crippen LogP contribution in [0.4, 0.5) is 11.4 Å². The Morgan fingerprint density at radius 2 is 0.917 bits per heavy atom. The van der Waals surface area contributed by atoms with Crippen LogP contribution >= 0.6 is 23.2 Å². The lowest BCUT2D eigenvalue weighted by Crippen LogP contribution is -3.00. The monoisotopic (exact) mass is 802 g/mol. The van der Waals surface area contributed by atoms with E-state index >= 15 is 0 Å². The fourth-order valence-electron chi connectivity index (χ4n) is 7.41. The second-order valence-corrected chi connectivity index (χ2v) is 13.6. The van der Waals surface area contributed by atoms with Crippen LogP contribution in [0.5, 0.6) is 0 Å². The molecule has 2 fully saturated rings. The topological polar surface area (TPSA) is 14.2 Å². The van der Waals surface area contributed by atoms with Crippen LogP contribution in [-0.4, -0.2) is 26.2 Å². The summed E-state index contributed by atoms with van der Waals surface area (Å²) < 4.78 is 4.66. The van der Waals surface area contributed by atoms with Gasteiger partial charge >= 0.3 is 0 Å².